The van der Waals surface area contributed by atoms with Crippen molar-refractivity contribution >= 4 is 18.4 Å². The topological polar surface area (TPSA) is 58.6 Å². The van der Waals surface area contributed by atoms with Crippen molar-refractivity contribution in [2.45, 2.75) is 39.0 Å². The quantitative estimate of drug-likeness (QED) is 0.534. The zero-order valence-electron chi connectivity index (χ0n) is 15.8. The van der Waals surface area contributed by atoms with Crippen molar-refractivity contribution in [2.24, 2.45) is 0 Å². The lowest BCUT2D eigenvalue weighted by Gasteiger charge is -2.31. The minimum absolute atomic E-state index is 0. The van der Waals surface area contributed by atoms with Gasteiger partial charge in [-0.2, -0.15) is 5.26 Å². The molecule has 0 saturated carbocycles. The Bertz CT molecular complexity index is 564. The number of carbonyl (C=O) groups excluding carboxylic acids is 1. The lowest BCUT2D eigenvalue weighted by atomic mass is 9.71. The van der Waals surface area contributed by atoms with Crippen molar-refractivity contribution in [2.75, 3.05) is 13.1 Å². The third kappa shape index (κ3) is 6.13. The highest BCUT2D eigenvalue weighted by atomic mass is 35.5. The van der Waals surface area contributed by atoms with E-state index in [-0.39, 0.29) is 12.4 Å². The Hall–Kier alpha value is -1.88. The molecule has 0 unspecified atom stereocenters. The van der Waals surface area contributed by atoms with Gasteiger partial charge >= 0.3 is 5.97 Å². The molecular weight excluding hydrogens is 350 g/mol. The number of carbonyl (C=O) groups is 1. The molecule has 0 aliphatic rings. The van der Waals surface area contributed by atoms with Gasteiger partial charge in [-0.3, -0.25) is 4.89 Å². The number of nitrogens with one attached hydrogen (secondary N) is 1. The monoisotopic (exact) mass is 379 g/mol. The molecule has 0 radical (unpaired) electrons. The van der Waals surface area contributed by atoms with Crippen LogP contribution in [0.2, 0.25) is 0 Å². The van der Waals surface area contributed by atoms with Crippen LogP contribution in [0.1, 0.15) is 44.7 Å². The first-order valence-corrected chi connectivity index (χ1v) is 8.84. The summed E-state index contributed by atoms with van der Waals surface area (Å²) in [6.07, 6.45) is 1.36. The average Bonchev–Trinajstić information content (AvgIpc) is 2.68. The third-order valence-corrected chi connectivity index (χ3v) is 4.09. The number of hydrogen-bond donors (Lipinski definition) is 2. The molecule has 144 valence electrons. The smallest absolute Gasteiger partial charge is 0.317 e. The van der Waals surface area contributed by atoms with Crippen LogP contribution in [0.15, 0.2) is 60.7 Å². The maximum atomic E-state index is 12.4. The third-order valence-electron chi connectivity index (χ3n) is 4.09. The van der Waals surface area contributed by atoms with Crippen LogP contribution in [-0.4, -0.2) is 24.3 Å². The highest BCUT2D eigenvalue weighted by Crippen LogP contribution is 2.37. The molecule has 2 N–H and O–H groups in total. The van der Waals surface area contributed by atoms with Crippen molar-refractivity contribution in [3.8, 4) is 0 Å². The minimum Gasteiger partial charge on any atom is -0.317 e. The standard InChI is InChI=1S/C17H18O3.C4H11N.ClH/c1-2-13-17(16(18)20-19,14-9-5-3-6-10-14)15-11-7-4-8-12-15;1-3-5-4-2;/h3-12,19H,2,13H2,1H3;5H,3-4H2,1-2H3;1H. The fraction of sp³-hybridized carbons (Fsp3) is 0.381. The van der Waals surface area contributed by atoms with Crippen molar-refractivity contribution in [1.82, 2.24) is 5.32 Å². The van der Waals surface area contributed by atoms with E-state index in [4.69, 9.17) is 5.26 Å². The molecule has 4 nitrogen and oxygen atoms in total. The van der Waals surface area contributed by atoms with Gasteiger partial charge < -0.3 is 5.32 Å². The van der Waals surface area contributed by atoms with Gasteiger partial charge in [0.2, 0.25) is 0 Å². The van der Waals surface area contributed by atoms with E-state index in [1.807, 2.05) is 67.6 Å². The van der Waals surface area contributed by atoms with Gasteiger partial charge in [0.05, 0.1) is 0 Å². The van der Waals surface area contributed by atoms with Crippen molar-refractivity contribution in [3.63, 3.8) is 0 Å². The normalized spacial score (nSPS) is 10.2. The predicted molar refractivity (Wildman–Crippen MR) is 109 cm³/mol. The van der Waals surface area contributed by atoms with E-state index in [0.717, 1.165) is 30.6 Å². The number of halogens is 1. The van der Waals surface area contributed by atoms with Crippen LogP contribution in [0.25, 0.3) is 0 Å². The average molecular weight is 380 g/mol. The summed E-state index contributed by atoms with van der Waals surface area (Å²) >= 11 is 0. The van der Waals surface area contributed by atoms with Crippen LogP contribution in [0.5, 0.6) is 0 Å². The van der Waals surface area contributed by atoms with Gasteiger partial charge in [-0.1, -0.05) is 87.9 Å². The molecule has 0 heterocycles. The summed E-state index contributed by atoms with van der Waals surface area (Å²) < 4.78 is 0. The molecule has 0 aliphatic carbocycles. The molecule has 0 fully saturated rings. The summed E-state index contributed by atoms with van der Waals surface area (Å²) in [5.74, 6) is -0.642. The van der Waals surface area contributed by atoms with Gasteiger partial charge in [0.1, 0.15) is 5.41 Å². The molecule has 2 rings (SSSR count). The Morgan fingerprint density at radius 1 is 0.923 bits per heavy atom. The highest BCUT2D eigenvalue weighted by molar-refractivity contribution is 5.87. The van der Waals surface area contributed by atoms with Crippen LogP contribution in [0, 0.1) is 0 Å². The van der Waals surface area contributed by atoms with Crippen LogP contribution >= 0.6 is 12.4 Å². The fourth-order valence-electron chi connectivity index (χ4n) is 2.94. The van der Waals surface area contributed by atoms with Crippen LogP contribution in [-0.2, 0) is 15.1 Å². The molecule has 5 heteroatoms. The summed E-state index contributed by atoms with van der Waals surface area (Å²) in [6, 6.07) is 18.9. The molecule has 2 aromatic rings. The zero-order valence-corrected chi connectivity index (χ0v) is 16.6. The molecular formula is C21H30ClNO3. The van der Waals surface area contributed by atoms with Crippen molar-refractivity contribution < 1.29 is 14.9 Å². The van der Waals surface area contributed by atoms with Crippen molar-refractivity contribution in [3.05, 3.63) is 71.8 Å². The van der Waals surface area contributed by atoms with E-state index >= 15 is 0 Å². The van der Waals surface area contributed by atoms with E-state index in [1.54, 1.807) is 0 Å². The lowest BCUT2D eigenvalue weighted by Crippen LogP contribution is -2.38. The second-order valence-electron chi connectivity index (χ2n) is 5.72. The van der Waals surface area contributed by atoms with Crippen LogP contribution in [0.4, 0.5) is 0 Å². The number of benzene rings is 2. The van der Waals surface area contributed by atoms with E-state index in [9.17, 15) is 4.79 Å². The number of rotatable bonds is 7. The zero-order chi connectivity index (χ0) is 18.5. The Morgan fingerprint density at radius 2 is 1.35 bits per heavy atom. The fourth-order valence-corrected chi connectivity index (χ4v) is 2.94. The van der Waals surface area contributed by atoms with Crippen LogP contribution in [0.3, 0.4) is 0 Å². The van der Waals surface area contributed by atoms with E-state index in [2.05, 4.69) is 24.1 Å². The first-order chi connectivity index (χ1) is 12.2. The molecule has 0 amide bonds. The summed E-state index contributed by atoms with van der Waals surface area (Å²) in [7, 11) is 0. The Balaban J connectivity index is 0.000000923. The Labute approximate surface area is 162 Å². The molecule has 0 aromatic heterocycles. The summed E-state index contributed by atoms with van der Waals surface area (Å²) in [6.45, 7) is 8.39. The minimum atomic E-state index is -0.966. The first-order valence-electron chi connectivity index (χ1n) is 8.84. The van der Waals surface area contributed by atoms with E-state index in [0.29, 0.717) is 6.42 Å². The molecule has 2 aromatic carbocycles. The second kappa shape index (κ2) is 13.3. The summed E-state index contributed by atoms with van der Waals surface area (Å²) in [4.78, 5) is 16.5. The molecule has 0 saturated heterocycles. The number of hydrogen-bond acceptors (Lipinski definition) is 4. The lowest BCUT2D eigenvalue weighted by molar-refractivity contribution is -0.239. The van der Waals surface area contributed by atoms with Crippen molar-refractivity contribution in [1.29, 1.82) is 0 Å². The van der Waals surface area contributed by atoms with E-state index in [1.165, 1.54) is 0 Å². The first kappa shape index (κ1) is 24.1. The maximum absolute atomic E-state index is 12.4. The van der Waals surface area contributed by atoms with Gasteiger partial charge in [-0.15, -0.1) is 12.4 Å². The largest absolute Gasteiger partial charge is 0.356 e. The summed E-state index contributed by atoms with van der Waals surface area (Å²) in [5, 5.41) is 12.1. The maximum Gasteiger partial charge on any atom is 0.356 e. The van der Waals surface area contributed by atoms with Gasteiger partial charge in [-0.25, -0.2) is 4.79 Å². The molecule has 0 aliphatic heterocycles. The molecule has 0 spiro atoms. The molecule has 0 bridgehead atoms. The Morgan fingerprint density at radius 3 is 1.62 bits per heavy atom. The van der Waals surface area contributed by atoms with Gasteiger partial charge in [-0.05, 0) is 30.6 Å². The predicted octanol–water partition coefficient (Wildman–Crippen LogP) is 4.83. The summed E-state index contributed by atoms with van der Waals surface area (Å²) in [5.41, 5.74) is 0.686. The second-order valence-corrected chi connectivity index (χ2v) is 5.72. The van der Waals surface area contributed by atoms with Crippen LogP contribution < -0.4 is 5.32 Å². The van der Waals surface area contributed by atoms with Gasteiger partial charge in [0.15, 0.2) is 0 Å². The SMILES string of the molecule is CCCC(C(=O)OO)(c1ccccc1)c1ccccc1.CCNCC.Cl. The molecule has 26 heavy (non-hydrogen) atoms. The highest BCUT2D eigenvalue weighted by Gasteiger charge is 2.43. The Kier molecular flexibility index (Phi) is 12.4. The van der Waals surface area contributed by atoms with E-state index < -0.39 is 11.4 Å². The molecule has 0 atom stereocenters. The van der Waals surface area contributed by atoms with Gasteiger partial charge in [0, 0.05) is 0 Å². The van der Waals surface area contributed by atoms with Gasteiger partial charge in [0.25, 0.3) is 0 Å².